The maximum Gasteiger partial charge on any atom is 0.245 e. The number of benzene rings is 1. The van der Waals surface area contributed by atoms with Gasteiger partial charge in [-0.2, -0.15) is 0 Å². The summed E-state index contributed by atoms with van der Waals surface area (Å²) in [6.45, 7) is 15.9. The number of nitrogens with one attached hydrogen (secondary N) is 3. The van der Waals surface area contributed by atoms with Crippen LogP contribution in [-0.2, 0) is 39.9 Å². The molecule has 0 aliphatic carbocycles. The molecule has 300 valence electrons. The van der Waals surface area contributed by atoms with Crippen LogP contribution in [0.4, 0.5) is 0 Å². The van der Waals surface area contributed by atoms with E-state index in [-0.39, 0.29) is 59.6 Å². The topological polar surface area (TPSA) is 146 Å². The van der Waals surface area contributed by atoms with Gasteiger partial charge in [0, 0.05) is 34.2 Å². The second-order valence-electron chi connectivity index (χ2n) is 15.4. The summed E-state index contributed by atoms with van der Waals surface area (Å²) in [6, 6.07) is 6.91. The van der Waals surface area contributed by atoms with Crippen molar-refractivity contribution in [1.29, 1.82) is 0 Å². The van der Waals surface area contributed by atoms with E-state index >= 15 is 0 Å². The molecule has 0 bridgehead atoms. The molecule has 0 radical (unpaired) electrons. The number of amides is 4. The van der Waals surface area contributed by atoms with Crippen LogP contribution in [0.3, 0.4) is 0 Å². The van der Waals surface area contributed by atoms with Crippen molar-refractivity contribution in [2.45, 2.75) is 136 Å². The van der Waals surface area contributed by atoms with Crippen molar-refractivity contribution in [3.05, 3.63) is 35.9 Å². The maximum absolute atomic E-state index is 14.2. The number of carbonyl (C=O) groups excluding carboxylic acids is 5. The average molecular weight is 744 g/mol. The number of rotatable bonds is 22. The third kappa shape index (κ3) is 12.3. The summed E-state index contributed by atoms with van der Waals surface area (Å²) in [5, 5.41) is 9.02. The van der Waals surface area contributed by atoms with Crippen LogP contribution in [0.1, 0.15) is 93.1 Å². The van der Waals surface area contributed by atoms with Gasteiger partial charge in [-0.25, -0.2) is 0 Å². The molecular weight excluding hydrogens is 674 g/mol. The largest absolute Gasteiger partial charge is 0.379 e. The highest BCUT2D eigenvalue weighted by Crippen LogP contribution is 2.30. The fraction of sp³-hybridized carbons (Fsp3) is 0.732. The van der Waals surface area contributed by atoms with Gasteiger partial charge in [-0.05, 0) is 49.6 Å². The number of ketones is 1. The molecule has 53 heavy (non-hydrogen) atoms. The Bertz CT molecular complexity index is 1320. The Labute approximate surface area is 318 Å². The standard InChI is InChI=1S/C41H69N5O7/c1-13-27(7)37(45(10)41(51)36(26(5)6)44-40(50)35(42-9)25(3)4)33(52-11)24-34(48)46-22-18-21-31(46)38(53-12)28(8)39(49)43-30(32(47)14-2)23-29-19-16-15-17-20-29/h15-17,19-20,25-28,30-31,33,35-38,42H,13-14,18,21-24H2,1-12H3,(H,43,49)(H,44,50). The molecule has 1 saturated heterocycles. The van der Waals surface area contributed by atoms with Gasteiger partial charge in [0.15, 0.2) is 5.78 Å². The first-order valence-corrected chi connectivity index (χ1v) is 19.5. The molecule has 3 N–H and O–H groups in total. The number of ether oxygens (including phenoxy) is 2. The maximum atomic E-state index is 14.2. The molecule has 9 atom stereocenters. The van der Waals surface area contributed by atoms with E-state index in [0.717, 1.165) is 18.4 Å². The zero-order valence-electron chi connectivity index (χ0n) is 34.4. The molecule has 9 unspecified atom stereocenters. The van der Waals surface area contributed by atoms with Crippen LogP contribution in [0.5, 0.6) is 0 Å². The SMILES string of the molecule is CCC(=O)C(Cc1ccccc1)NC(=O)C(C)C(OC)C1CCCN1C(=O)CC(OC)C(C(C)CC)N(C)C(=O)C(NC(=O)C(NC)C(C)C)C(C)C. The van der Waals surface area contributed by atoms with Gasteiger partial charge in [0.1, 0.15) is 6.04 Å². The minimum absolute atomic E-state index is 0.0225. The van der Waals surface area contributed by atoms with Crippen molar-refractivity contribution < 1.29 is 33.4 Å². The van der Waals surface area contributed by atoms with E-state index in [1.54, 1.807) is 52.0 Å². The van der Waals surface area contributed by atoms with Gasteiger partial charge < -0.3 is 35.2 Å². The molecule has 0 spiro atoms. The van der Waals surface area contributed by atoms with E-state index in [4.69, 9.17) is 9.47 Å². The Balaban J connectivity index is 2.27. The smallest absolute Gasteiger partial charge is 0.245 e. The molecule has 0 saturated carbocycles. The number of methoxy groups -OCH3 is 2. The van der Waals surface area contributed by atoms with Crippen molar-refractivity contribution >= 4 is 29.4 Å². The minimum Gasteiger partial charge on any atom is -0.379 e. The lowest BCUT2D eigenvalue weighted by Crippen LogP contribution is -2.59. The van der Waals surface area contributed by atoms with Crippen LogP contribution >= 0.6 is 0 Å². The summed E-state index contributed by atoms with van der Waals surface area (Å²) in [5.74, 6) is -1.78. The molecule has 1 fully saturated rings. The first-order valence-electron chi connectivity index (χ1n) is 19.5. The summed E-state index contributed by atoms with van der Waals surface area (Å²) in [6.07, 6.45) is 1.63. The number of hydrogen-bond donors (Lipinski definition) is 3. The molecule has 1 aromatic carbocycles. The average Bonchev–Trinajstić information content (AvgIpc) is 3.62. The van der Waals surface area contributed by atoms with Crippen LogP contribution in [0, 0.1) is 23.7 Å². The van der Waals surface area contributed by atoms with E-state index in [9.17, 15) is 24.0 Å². The zero-order valence-corrected chi connectivity index (χ0v) is 34.4. The van der Waals surface area contributed by atoms with Crippen molar-refractivity contribution in [3.8, 4) is 0 Å². The Morgan fingerprint density at radius 1 is 0.887 bits per heavy atom. The van der Waals surface area contributed by atoms with Crippen molar-refractivity contribution in [2.75, 3.05) is 34.9 Å². The molecule has 0 aromatic heterocycles. The van der Waals surface area contributed by atoms with Crippen LogP contribution in [0.15, 0.2) is 30.3 Å². The third-order valence-electron chi connectivity index (χ3n) is 11.1. The molecule has 4 amide bonds. The first-order chi connectivity index (χ1) is 25.1. The number of carbonyl (C=O) groups is 5. The summed E-state index contributed by atoms with van der Waals surface area (Å²) >= 11 is 0. The Kier molecular flexibility index (Phi) is 19.1. The quantitative estimate of drug-likeness (QED) is 0.162. The molecule has 1 heterocycles. The lowest BCUT2D eigenvalue weighted by molar-refractivity contribution is -0.148. The molecular formula is C41H69N5O7. The lowest BCUT2D eigenvalue weighted by atomic mass is 9.89. The Morgan fingerprint density at radius 3 is 2.02 bits per heavy atom. The van der Waals surface area contributed by atoms with E-state index in [1.165, 1.54) is 0 Å². The highest BCUT2D eigenvalue weighted by atomic mass is 16.5. The first kappa shape index (κ1) is 45.8. The van der Waals surface area contributed by atoms with Gasteiger partial charge in [-0.3, -0.25) is 24.0 Å². The number of Topliss-reactive ketones (excluding diaryl/α,β-unsaturated/α-hetero) is 1. The molecule has 2 rings (SSSR count). The number of hydrogen-bond acceptors (Lipinski definition) is 8. The predicted octanol–water partition coefficient (Wildman–Crippen LogP) is 4.00. The van der Waals surface area contributed by atoms with E-state index in [1.807, 2.05) is 71.9 Å². The van der Waals surface area contributed by atoms with Gasteiger partial charge in [0.2, 0.25) is 23.6 Å². The summed E-state index contributed by atoms with van der Waals surface area (Å²) < 4.78 is 12.0. The van der Waals surface area contributed by atoms with Gasteiger partial charge in [0.05, 0.1) is 48.7 Å². The number of nitrogens with zero attached hydrogens (tertiary/aromatic N) is 2. The molecule has 1 aliphatic heterocycles. The van der Waals surface area contributed by atoms with Crippen molar-refractivity contribution in [1.82, 2.24) is 25.8 Å². The van der Waals surface area contributed by atoms with Crippen LogP contribution in [0.2, 0.25) is 0 Å². The van der Waals surface area contributed by atoms with Crippen LogP contribution < -0.4 is 16.0 Å². The van der Waals surface area contributed by atoms with E-state index in [0.29, 0.717) is 25.8 Å². The molecule has 12 nitrogen and oxygen atoms in total. The fourth-order valence-electron chi connectivity index (χ4n) is 7.69. The van der Waals surface area contributed by atoms with Gasteiger partial charge in [-0.15, -0.1) is 0 Å². The van der Waals surface area contributed by atoms with Crippen molar-refractivity contribution in [2.24, 2.45) is 23.7 Å². The van der Waals surface area contributed by atoms with Crippen molar-refractivity contribution in [3.63, 3.8) is 0 Å². The molecule has 12 heteroatoms. The summed E-state index contributed by atoms with van der Waals surface area (Å²) in [4.78, 5) is 71.5. The second kappa shape index (κ2) is 22.1. The monoisotopic (exact) mass is 744 g/mol. The van der Waals surface area contributed by atoms with Gasteiger partial charge in [-0.1, -0.05) is 92.1 Å². The Hall–Kier alpha value is -3.35. The lowest BCUT2D eigenvalue weighted by Gasteiger charge is -2.41. The predicted molar refractivity (Wildman–Crippen MR) is 208 cm³/mol. The van der Waals surface area contributed by atoms with Crippen LogP contribution in [0.25, 0.3) is 0 Å². The minimum atomic E-state index is -0.764. The second-order valence-corrected chi connectivity index (χ2v) is 15.4. The molecule has 1 aliphatic rings. The zero-order chi connectivity index (χ0) is 40.0. The number of likely N-dealkylation sites (tertiary alicyclic amines) is 1. The van der Waals surface area contributed by atoms with E-state index < -0.39 is 42.3 Å². The highest BCUT2D eigenvalue weighted by molar-refractivity contribution is 5.91. The third-order valence-corrected chi connectivity index (χ3v) is 11.1. The number of likely N-dealkylation sites (N-methyl/N-ethyl adjacent to an activating group) is 2. The van der Waals surface area contributed by atoms with Gasteiger partial charge in [0.25, 0.3) is 0 Å². The Morgan fingerprint density at radius 2 is 1.51 bits per heavy atom. The highest BCUT2D eigenvalue weighted by Gasteiger charge is 2.43. The van der Waals surface area contributed by atoms with E-state index in [2.05, 4.69) is 16.0 Å². The fourth-order valence-corrected chi connectivity index (χ4v) is 7.69. The molecule has 1 aromatic rings. The van der Waals surface area contributed by atoms with Gasteiger partial charge >= 0.3 is 0 Å². The summed E-state index contributed by atoms with van der Waals surface area (Å²) in [5.41, 5.74) is 0.955. The normalized spacial score (nSPS) is 19.1. The summed E-state index contributed by atoms with van der Waals surface area (Å²) in [7, 11) is 6.57. The van der Waals surface area contributed by atoms with Crippen LogP contribution in [-0.4, -0.2) is 116 Å².